The molecule has 8 nitrogen and oxygen atoms in total. The number of ether oxygens (including phenoxy) is 1. The van der Waals surface area contributed by atoms with E-state index in [9.17, 15) is 18.0 Å². The van der Waals surface area contributed by atoms with Crippen molar-refractivity contribution in [2.75, 3.05) is 36.4 Å². The molecule has 0 atom stereocenters. The Morgan fingerprint density at radius 2 is 1.93 bits per heavy atom. The molecule has 3 rings (SSSR count). The van der Waals surface area contributed by atoms with Gasteiger partial charge in [-0.1, -0.05) is 19.1 Å². The highest BCUT2D eigenvalue weighted by Crippen LogP contribution is 2.31. The number of rotatable bonds is 8. The maximum atomic E-state index is 13.0. The van der Waals surface area contributed by atoms with Crippen LogP contribution in [-0.2, 0) is 26.0 Å². The van der Waals surface area contributed by atoms with Gasteiger partial charge in [0.05, 0.1) is 22.8 Å². The number of amides is 2. The van der Waals surface area contributed by atoms with Crippen LogP contribution in [0, 0.1) is 0 Å². The van der Waals surface area contributed by atoms with Gasteiger partial charge in [0.1, 0.15) is 0 Å². The number of para-hydroxylation sites is 1. The normalized spacial score (nSPS) is 13.1. The van der Waals surface area contributed by atoms with Crippen molar-refractivity contribution in [3.63, 3.8) is 0 Å². The van der Waals surface area contributed by atoms with Crippen LogP contribution in [0.15, 0.2) is 47.4 Å². The highest BCUT2D eigenvalue weighted by Gasteiger charge is 2.26. The molecule has 2 aromatic rings. The van der Waals surface area contributed by atoms with Crippen LogP contribution in [0.5, 0.6) is 0 Å². The Morgan fingerprint density at radius 1 is 1.17 bits per heavy atom. The van der Waals surface area contributed by atoms with Crippen LogP contribution in [0.4, 0.5) is 11.4 Å². The Balaban J connectivity index is 1.83. The summed E-state index contributed by atoms with van der Waals surface area (Å²) in [5.74, 6) is -0.385. The van der Waals surface area contributed by atoms with Crippen LogP contribution >= 0.6 is 0 Å². The highest BCUT2D eigenvalue weighted by molar-refractivity contribution is 7.92. The standard InChI is InChI=1S/C21H25N3O5S/c1-3-20(25)24-12-10-15-14-16(8-9-19(15)24)30(27,28)23-18-7-5-4-6-17(18)21(26)22-11-13-29-2/h4-9,14,23H,3,10-13H2,1-2H3,(H,22,26). The summed E-state index contributed by atoms with van der Waals surface area (Å²) in [6.07, 6.45) is 0.993. The molecule has 160 valence electrons. The maximum absolute atomic E-state index is 13.0. The summed E-state index contributed by atoms with van der Waals surface area (Å²) in [6.45, 7) is 3.01. The average Bonchev–Trinajstić information content (AvgIpc) is 3.16. The molecule has 2 amide bonds. The van der Waals surface area contributed by atoms with Gasteiger partial charge in [0.15, 0.2) is 0 Å². The Hall–Kier alpha value is -2.91. The van der Waals surface area contributed by atoms with Gasteiger partial charge in [0.2, 0.25) is 5.91 Å². The predicted molar refractivity (Wildman–Crippen MR) is 114 cm³/mol. The van der Waals surface area contributed by atoms with Gasteiger partial charge in [-0.3, -0.25) is 14.3 Å². The van der Waals surface area contributed by atoms with Crippen molar-refractivity contribution >= 4 is 33.2 Å². The summed E-state index contributed by atoms with van der Waals surface area (Å²) in [5.41, 5.74) is 1.97. The molecule has 0 unspecified atom stereocenters. The number of nitrogens with zero attached hydrogens (tertiary/aromatic N) is 1. The van der Waals surface area contributed by atoms with Gasteiger partial charge in [0, 0.05) is 32.3 Å². The molecule has 0 aromatic heterocycles. The number of hydrogen-bond donors (Lipinski definition) is 2. The van der Waals surface area contributed by atoms with Crippen molar-refractivity contribution in [3.05, 3.63) is 53.6 Å². The van der Waals surface area contributed by atoms with Gasteiger partial charge in [-0.05, 0) is 42.3 Å². The molecule has 2 aromatic carbocycles. The van der Waals surface area contributed by atoms with Crippen molar-refractivity contribution in [2.24, 2.45) is 0 Å². The lowest BCUT2D eigenvalue weighted by Gasteiger charge is -2.17. The number of nitrogens with one attached hydrogen (secondary N) is 2. The lowest BCUT2D eigenvalue weighted by Crippen LogP contribution is -2.28. The number of methoxy groups -OCH3 is 1. The minimum absolute atomic E-state index is 0.0101. The Kier molecular flexibility index (Phi) is 6.73. The minimum Gasteiger partial charge on any atom is -0.383 e. The number of fused-ring (bicyclic) bond motifs is 1. The molecule has 0 saturated heterocycles. The van der Waals surface area contributed by atoms with Crippen LogP contribution in [0.3, 0.4) is 0 Å². The average molecular weight is 432 g/mol. The Morgan fingerprint density at radius 3 is 2.67 bits per heavy atom. The summed E-state index contributed by atoms with van der Waals surface area (Å²) < 4.78 is 33.4. The molecule has 1 aliphatic heterocycles. The van der Waals surface area contributed by atoms with Crippen molar-refractivity contribution < 1.29 is 22.7 Å². The van der Waals surface area contributed by atoms with Crippen LogP contribution in [0.25, 0.3) is 0 Å². The fraction of sp³-hybridized carbons (Fsp3) is 0.333. The monoisotopic (exact) mass is 431 g/mol. The molecule has 2 N–H and O–H groups in total. The van der Waals surface area contributed by atoms with Gasteiger partial charge in [-0.25, -0.2) is 8.42 Å². The number of hydrogen-bond acceptors (Lipinski definition) is 5. The molecule has 0 bridgehead atoms. The minimum atomic E-state index is -3.92. The zero-order valence-corrected chi connectivity index (χ0v) is 17.8. The molecule has 0 spiro atoms. The van der Waals surface area contributed by atoms with Crippen molar-refractivity contribution in [1.29, 1.82) is 0 Å². The van der Waals surface area contributed by atoms with E-state index in [2.05, 4.69) is 10.0 Å². The van der Waals surface area contributed by atoms with Crippen LogP contribution < -0.4 is 14.9 Å². The van der Waals surface area contributed by atoms with E-state index < -0.39 is 15.9 Å². The largest absolute Gasteiger partial charge is 0.383 e. The quantitative estimate of drug-likeness (QED) is 0.623. The van der Waals surface area contributed by atoms with Gasteiger partial charge in [-0.15, -0.1) is 0 Å². The summed E-state index contributed by atoms with van der Waals surface area (Å²) in [4.78, 5) is 26.2. The number of carbonyl (C=O) groups excluding carboxylic acids is 2. The van der Waals surface area contributed by atoms with E-state index in [0.717, 1.165) is 11.3 Å². The molecular formula is C21H25N3O5S. The first-order valence-electron chi connectivity index (χ1n) is 9.69. The first-order valence-corrected chi connectivity index (χ1v) is 11.2. The lowest BCUT2D eigenvalue weighted by molar-refractivity contribution is -0.118. The van der Waals surface area contributed by atoms with Gasteiger partial charge < -0.3 is 15.0 Å². The molecule has 9 heteroatoms. The second-order valence-corrected chi connectivity index (χ2v) is 8.52. The third kappa shape index (κ3) is 4.63. The van der Waals surface area contributed by atoms with E-state index in [1.54, 1.807) is 42.2 Å². The molecule has 1 aliphatic rings. The van der Waals surface area contributed by atoms with Crippen molar-refractivity contribution in [1.82, 2.24) is 5.32 Å². The zero-order valence-electron chi connectivity index (χ0n) is 17.0. The van der Waals surface area contributed by atoms with Crippen molar-refractivity contribution in [2.45, 2.75) is 24.7 Å². The molecule has 0 fully saturated rings. The summed E-state index contributed by atoms with van der Waals surface area (Å²) in [7, 11) is -2.39. The van der Waals surface area contributed by atoms with Crippen LogP contribution in [-0.4, -0.2) is 47.0 Å². The van der Waals surface area contributed by atoms with E-state index in [1.807, 2.05) is 0 Å². The topological polar surface area (TPSA) is 105 Å². The van der Waals surface area contributed by atoms with E-state index in [4.69, 9.17) is 4.74 Å². The Labute approximate surface area is 176 Å². The van der Waals surface area contributed by atoms with Gasteiger partial charge >= 0.3 is 0 Å². The van der Waals surface area contributed by atoms with E-state index in [0.29, 0.717) is 32.5 Å². The number of sulfonamides is 1. The second-order valence-electron chi connectivity index (χ2n) is 6.84. The summed E-state index contributed by atoms with van der Waals surface area (Å²) in [6, 6.07) is 11.1. The zero-order chi connectivity index (χ0) is 21.7. The second kappa shape index (κ2) is 9.27. The summed E-state index contributed by atoms with van der Waals surface area (Å²) in [5, 5.41) is 2.68. The Bertz CT molecular complexity index is 1050. The third-order valence-corrected chi connectivity index (χ3v) is 6.23. The predicted octanol–water partition coefficient (Wildman–Crippen LogP) is 2.16. The SMILES string of the molecule is CCC(=O)N1CCc2cc(S(=O)(=O)Nc3ccccc3C(=O)NCCOC)ccc21. The molecule has 0 radical (unpaired) electrons. The number of benzene rings is 2. The number of carbonyl (C=O) groups is 2. The molecular weight excluding hydrogens is 406 g/mol. The van der Waals surface area contributed by atoms with Crippen LogP contribution in [0.1, 0.15) is 29.3 Å². The fourth-order valence-electron chi connectivity index (χ4n) is 3.33. The van der Waals surface area contributed by atoms with Crippen LogP contribution in [0.2, 0.25) is 0 Å². The fourth-order valence-corrected chi connectivity index (χ4v) is 4.46. The first kappa shape index (κ1) is 21.8. The summed E-state index contributed by atoms with van der Waals surface area (Å²) >= 11 is 0. The molecule has 0 aliphatic carbocycles. The van der Waals surface area contributed by atoms with Crippen molar-refractivity contribution in [3.8, 4) is 0 Å². The number of anilines is 2. The van der Waals surface area contributed by atoms with E-state index in [-0.39, 0.29) is 22.1 Å². The lowest BCUT2D eigenvalue weighted by atomic mass is 10.1. The van der Waals surface area contributed by atoms with E-state index in [1.165, 1.54) is 19.2 Å². The van der Waals surface area contributed by atoms with Gasteiger partial charge in [0.25, 0.3) is 15.9 Å². The maximum Gasteiger partial charge on any atom is 0.261 e. The first-order chi connectivity index (χ1) is 14.4. The molecule has 0 saturated carbocycles. The highest BCUT2D eigenvalue weighted by atomic mass is 32.2. The third-order valence-electron chi connectivity index (χ3n) is 4.87. The molecule has 1 heterocycles. The smallest absolute Gasteiger partial charge is 0.261 e. The van der Waals surface area contributed by atoms with Gasteiger partial charge in [-0.2, -0.15) is 0 Å². The molecule has 30 heavy (non-hydrogen) atoms. The van der Waals surface area contributed by atoms with E-state index >= 15 is 0 Å².